The van der Waals surface area contributed by atoms with Gasteiger partial charge in [0.2, 0.25) is 0 Å². The molecule has 6 nitrogen and oxygen atoms in total. The van der Waals surface area contributed by atoms with Crippen LogP contribution >= 0.6 is 11.6 Å². The first kappa shape index (κ1) is 30.2. The lowest BCUT2D eigenvalue weighted by Gasteiger charge is -2.15. The number of nitrogens with one attached hydrogen (secondary N) is 1. The molecule has 216 valence electrons. The summed E-state index contributed by atoms with van der Waals surface area (Å²) in [6.07, 6.45) is 3.33. The van der Waals surface area contributed by atoms with Gasteiger partial charge in [0.1, 0.15) is 5.75 Å². The minimum Gasteiger partial charge on any atom is -0.479 e. The summed E-state index contributed by atoms with van der Waals surface area (Å²) in [6.45, 7) is 7.92. The van der Waals surface area contributed by atoms with Crippen molar-refractivity contribution in [3.63, 3.8) is 0 Å². The van der Waals surface area contributed by atoms with Crippen LogP contribution in [0.1, 0.15) is 78.0 Å². The molecule has 0 saturated heterocycles. The second kappa shape index (κ2) is 13.3. The smallest absolute Gasteiger partial charge is 0.346 e. The third-order valence-corrected chi connectivity index (χ3v) is 8.12. The molecule has 0 aliphatic heterocycles. The highest BCUT2D eigenvalue weighted by Gasteiger charge is 2.19. The summed E-state index contributed by atoms with van der Waals surface area (Å²) in [5, 5.41) is 4.78. The Morgan fingerprint density at radius 1 is 1.02 bits per heavy atom. The molecule has 7 heteroatoms. The number of amides is 1. The molecule has 0 bridgehead atoms. The maximum absolute atomic E-state index is 13.2. The van der Waals surface area contributed by atoms with E-state index in [9.17, 15) is 9.59 Å². The first-order valence-electron chi connectivity index (χ1n) is 14.1. The zero-order valence-corrected chi connectivity index (χ0v) is 25.5. The van der Waals surface area contributed by atoms with E-state index in [0.29, 0.717) is 22.8 Å². The van der Waals surface area contributed by atoms with Crippen molar-refractivity contribution >= 4 is 34.4 Å². The van der Waals surface area contributed by atoms with E-state index >= 15 is 0 Å². The topological polar surface area (TPSA) is 69.6 Å². The van der Waals surface area contributed by atoms with Crippen molar-refractivity contribution in [3.05, 3.63) is 99.2 Å². The molecular weight excluding hydrogens is 536 g/mol. The van der Waals surface area contributed by atoms with E-state index in [0.717, 1.165) is 39.7 Å². The number of carbonyl (C=O) groups excluding carboxylic acids is 2. The highest BCUT2D eigenvalue weighted by molar-refractivity contribution is 6.31. The van der Waals surface area contributed by atoms with Crippen LogP contribution in [0.4, 0.5) is 0 Å². The molecule has 2 atom stereocenters. The van der Waals surface area contributed by atoms with E-state index in [-0.39, 0.29) is 11.9 Å². The summed E-state index contributed by atoms with van der Waals surface area (Å²) in [5.41, 5.74) is 7.21. The number of methoxy groups -OCH3 is 1. The number of unbranched alkanes of at least 4 members (excludes halogenated alkanes) is 1. The number of nitrogens with zero attached hydrogens (tertiary/aromatic N) is 1. The molecule has 0 aliphatic rings. The zero-order valence-electron chi connectivity index (χ0n) is 24.7. The molecule has 4 aromatic rings. The summed E-state index contributed by atoms with van der Waals surface area (Å²) < 4.78 is 12.5. The molecule has 1 amide bonds. The fourth-order valence-corrected chi connectivity index (χ4v) is 5.31. The Hall–Kier alpha value is -3.77. The Morgan fingerprint density at radius 2 is 1.76 bits per heavy atom. The molecule has 1 heterocycles. The molecule has 0 radical (unpaired) electrons. The Kier molecular flexibility index (Phi) is 9.77. The van der Waals surface area contributed by atoms with Crippen molar-refractivity contribution in [1.82, 2.24) is 9.88 Å². The fraction of sp³-hybridized carbons (Fsp3) is 0.353. The van der Waals surface area contributed by atoms with Crippen LogP contribution in [0, 0.1) is 6.92 Å². The minimum absolute atomic E-state index is 0.102. The first-order valence-corrected chi connectivity index (χ1v) is 14.5. The van der Waals surface area contributed by atoms with Crippen LogP contribution in [-0.4, -0.2) is 29.7 Å². The van der Waals surface area contributed by atoms with Crippen molar-refractivity contribution < 1.29 is 19.1 Å². The molecule has 4 rings (SSSR count). The van der Waals surface area contributed by atoms with E-state index in [1.54, 1.807) is 13.0 Å². The van der Waals surface area contributed by atoms with Gasteiger partial charge in [-0.05, 0) is 80.1 Å². The van der Waals surface area contributed by atoms with Crippen LogP contribution in [0.15, 0.2) is 60.7 Å². The van der Waals surface area contributed by atoms with Crippen LogP contribution < -0.4 is 10.1 Å². The number of esters is 1. The number of fused-ring (bicyclic) bond motifs is 1. The summed E-state index contributed by atoms with van der Waals surface area (Å²) in [7, 11) is 3.34. The van der Waals surface area contributed by atoms with Gasteiger partial charge < -0.3 is 19.4 Å². The van der Waals surface area contributed by atoms with Gasteiger partial charge >= 0.3 is 5.97 Å². The maximum Gasteiger partial charge on any atom is 0.346 e. The van der Waals surface area contributed by atoms with Crippen LogP contribution in [0.5, 0.6) is 5.75 Å². The molecule has 0 fully saturated rings. The van der Waals surface area contributed by atoms with Crippen molar-refractivity contribution in [2.75, 3.05) is 7.11 Å². The van der Waals surface area contributed by atoms with E-state index in [2.05, 4.69) is 48.0 Å². The van der Waals surface area contributed by atoms with Gasteiger partial charge in [-0.3, -0.25) is 4.79 Å². The monoisotopic (exact) mass is 574 g/mol. The fourth-order valence-electron chi connectivity index (χ4n) is 5.08. The number of aryl methyl sites for hydroxylation is 2. The Labute approximate surface area is 247 Å². The van der Waals surface area contributed by atoms with Gasteiger partial charge in [-0.2, -0.15) is 0 Å². The van der Waals surface area contributed by atoms with E-state index in [4.69, 9.17) is 21.1 Å². The SMILES string of the molecule is CCCCc1ccc([C@H](C)NC(=O)c2ccc3c(Cc4ccc(O[C@H](C)C(=O)OC)cc4Cl)c(C)n(C)c3c2)cc1. The number of benzene rings is 3. The number of hydrogen-bond acceptors (Lipinski definition) is 4. The average molecular weight is 575 g/mol. The van der Waals surface area contributed by atoms with E-state index in [1.807, 2.05) is 44.3 Å². The van der Waals surface area contributed by atoms with Gasteiger partial charge in [-0.25, -0.2) is 4.79 Å². The van der Waals surface area contributed by atoms with Gasteiger partial charge in [-0.15, -0.1) is 0 Å². The third kappa shape index (κ3) is 6.94. The number of carbonyl (C=O) groups is 2. The lowest BCUT2D eigenvalue weighted by atomic mass is 10.0. The predicted molar refractivity (Wildman–Crippen MR) is 165 cm³/mol. The third-order valence-electron chi connectivity index (χ3n) is 7.77. The Bertz CT molecular complexity index is 1540. The van der Waals surface area contributed by atoms with Gasteiger partial charge in [0.15, 0.2) is 6.10 Å². The normalized spacial score (nSPS) is 12.7. The number of hydrogen-bond donors (Lipinski definition) is 1. The second-order valence-corrected chi connectivity index (χ2v) is 11.0. The van der Waals surface area contributed by atoms with Gasteiger partial charge in [0.25, 0.3) is 5.91 Å². The number of halogens is 1. The first-order chi connectivity index (χ1) is 19.6. The summed E-state index contributed by atoms with van der Waals surface area (Å²) in [4.78, 5) is 24.9. The standard InChI is InChI=1S/C34H39ClN2O4/c1-7-8-9-24-10-12-25(13-11-24)21(2)36-33(38)27-15-17-29-30(22(3)37(5)32(29)19-27)18-26-14-16-28(20-31(26)35)41-23(4)34(39)40-6/h10-17,19-21,23H,7-9,18H2,1-6H3,(H,36,38)/t21-,23+/m0/s1. The zero-order chi connectivity index (χ0) is 29.7. The molecule has 0 saturated carbocycles. The van der Waals surface area contributed by atoms with Crippen molar-refractivity contribution in [3.8, 4) is 5.75 Å². The molecule has 3 aromatic carbocycles. The number of rotatable bonds is 11. The minimum atomic E-state index is -0.729. The Balaban J connectivity index is 1.50. The molecule has 0 aliphatic carbocycles. The largest absolute Gasteiger partial charge is 0.479 e. The molecule has 1 aromatic heterocycles. The predicted octanol–water partition coefficient (Wildman–Crippen LogP) is 7.50. The number of ether oxygens (including phenoxy) is 2. The van der Waals surface area contributed by atoms with Crippen LogP contribution in [0.2, 0.25) is 5.02 Å². The molecule has 41 heavy (non-hydrogen) atoms. The van der Waals surface area contributed by atoms with Gasteiger partial charge in [-0.1, -0.05) is 61.3 Å². The van der Waals surface area contributed by atoms with E-state index in [1.165, 1.54) is 25.5 Å². The van der Waals surface area contributed by atoms with Gasteiger partial charge in [0.05, 0.1) is 13.2 Å². The second-order valence-electron chi connectivity index (χ2n) is 10.6. The highest BCUT2D eigenvalue weighted by atomic mass is 35.5. The lowest BCUT2D eigenvalue weighted by Crippen LogP contribution is -2.26. The van der Waals surface area contributed by atoms with Crippen molar-refractivity contribution in [2.24, 2.45) is 7.05 Å². The highest BCUT2D eigenvalue weighted by Crippen LogP contribution is 2.32. The summed E-state index contributed by atoms with van der Waals surface area (Å²) in [6, 6.07) is 19.7. The van der Waals surface area contributed by atoms with E-state index < -0.39 is 12.1 Å². The van der Waals surface area contributed by atoms with Crippen LogP contribution in [0.3, 0.4) is 0 Å². The van der Waals surface area contributed by atoms with Crippen molar-refractivity contribution in [1.29, 1.82) is 0 Å². The summed E-state index contributed by atoms with van der Waals surface area (Å²) >= 11 is 6.63. The lowest BCUT2D eigenvalue weighted by molar-refractivity contribution is -0.147. The van der Waals surface area contributed by atoms with Crippen LogP contribution in [0.25, 0.3) is 10.9 Å². The molecule has 1 N–H and O–H groups in total. The quantitative estimate of drug-likeness (QED) is 0.188. The maximum atomic E-state index is 13.2. The summed E-state index contributed by atoms with van der Waals surface area (Å²) in [5.74, 6) is -0.0474. The number of aromatic nitrogens is 1. The average Bonchev–Trinajstić information content (AvgIpc) is 3.21. The molecular formula is C34H39ClN2O4. The van der Waals surface area contributed by atoms with Gasteiger partial charge in [0, 0.05) is 40.7 Å². The van der Waals surface area contributed by atoms with Crippen LogP contribution in [-0.2, 0) is 29.4 Å². The molecule has 0 spiro atoms. The molecule has 0 unspecified atom stereocenters. The Morgan fingerprint density at radius 3 is 2.41 bits per heavy atom. The van der Waals surface area contributed by atoms with Crippen molar-refractivity contribution in [2.45, 2.75) is 65.5 Å².